The molecule has 0 spiro atoms. The van der Waals surface area contributed by atoms with Crippen LogP contribution in [-0.4, -0.2) is 22.9 Å². The first-order valence-corrected chi connectivity index (χ1v) is 3.88. The van der Waals surface area contributed by atoms with Gasteiger partial charge in [-0.1, -0.05) is 27.7 Å². The third kappa shape index (κ3) is 1.50. The van der Waals surface area contributed by atoms with Crippen molar-refractivity contribution in [3.63, 3.8) is 0 Å². The van der Waals surface area contributed by atoms with Gasteiger partial charge in [-0.2, -0.15) is 5.06 Å². The van der Waals surface area contributed by atoms with Gasteiger partial charge in [0.1, 0.15) is 0 Å². The Labute approximate surface area is 62.8 Å². The molecule has 10 heavy (non-hydrogen) atoms. The van der Waals surface area contributed by atoms with Gasteiger partial charge in [0.25, 0.3) is 0 Å². The smallest absolute Gasteiger partial charge is 0.0531 e. The summed E-state index contributed by atoms with van der Waals surface area (Å²) in [6.07, 6.45) is 0. The Morgan fingerprint density at radius 2 is 1.90 bits per heavy atom. The Morgan fingerprint density at radius 3 is 2.00 bits per heavy atom. The Bertz CT molecular complexity index is 128. The van der Waals surface area contributed by atoms with E-state index in [9.17, 15) is 0 Å². The minimum atomic E-state index is 0.322. The van der Waals surface area contributed by atoms with Gasteiger partial charge in [-0.3, -0.25) is 0 Å². The molecule has 1 N–H and O–H groups in total. The summed E-state index contributed by atoms with van der Waals surface area (Å²) >= 11 is 0. The highest BCUT2D eigenvalue weighted by atomic mass is 16.5. The SMILES string of the molecule is CC(C1CN1O)C(C)(C)C. The molecule has 1 aliphatic rings. The standard InChI is InChI=1S/C8H17NO/c1-6(8(2,3)4)7-5-9(7)10/h6-7,10H,5H2,1-4H3. The van der Waals surface area contributed by atoms with Crippen LogP contribution >= 0.6 is 0 Å². The van der Waals surface area contributed by atoms with Crippen molar-refractivity contribution in [1.82, 2.24) is 5.06 Å². The average Bonchev–Trinajstić information content (AvgIpc) is 2.42. The van der Waals surface area contributed by atoms with E-state index in [1.807, 2.05) is 0 Å². The molecule has 1 heterocycles. The fourth-order valence-corrected chi connectivity index (χ4v) is 1.14. The first kappa shape index (κ1) is 8.02. The van der Waals surface area contributed by atoms with Crippen LogP contribution in [0.3, 0.4) is 0 Å². The van der Waals surface area contributed by atoms with Crippen LogP contribution in [0.1, 0.15) is 27.7 Å². The van der Waals surface area contributed by atoms with Crippen molar-refractivity contribution in [2.75, 3.05) is 6.54 Å². The quantitative estimate of drug-likeness (QED) is 0.565. The van der Waals surface area contributed by atoms with Gasteiger partial charge in [-0.15, -0.1) is 0 Å². The predicted molar refractivity (Wildman–Crippen MR) is 40.9 cm³/mol. The molecule has 2 nitrogen and oxygen atoms in total. The highest BCUT2D eigenvalue weighted by Gasteiger charge is 2.42. The minimum absolute atomic E-state index is 0.322. The van der Waals surface area contributed by atoms with E-state index >= 15 is 0 Å². The van der Waals surface area contributed by atoms with Crippen LogP contribution in [0.4, 0.5) is 0 Å². The monoisotopic (exact) mass is 143 g/mol. The number of nitrogens with zero attached hydrogens (tertiary/aromatic N) is 1. The summed E-state index contributed by atoms with van der Waals surface area (Å²) in [4.78, 5) is 0. The Kier molecular flexibility index (Phi) is 1.77. The van der Waals surface area contributed by atoms with E-state index in [0.29, 0.717) is 17.4 Å². The van der Waals surface area contributed by atoms with Crippen LogP contribution in [0.2, 0.25) is 0 Å². The molecule has 1 fully saturated rings. The fraction of sp³-hybridized carbons (Fsp3) is 1.00. The van der Waals surface area contributed by atoms with Gasteiger partial charge < -0.3 is 5.21 Å². The summed E-state index contributed by atoms with van der Waals surface area (Å²) in [5, 5.41) is 10.4. The predicted octanol–water partition coefficient (Wildman–Crippen LogP) is 1.74. The Morgan fingerprint density at radius 1 is 1.50 bits per heavy atom. The van der Waals surface area contributed by atoms with Gasteiger partial charge in [0.2, 0.25) is 0 Å². The van der Waals surface area contributed by atoms with E-state index in [0.717, 1.165) is 6.54 Å². The van der Waals surface area contributed by atoms with Crippen LogP contribution < -0.4 is 0 Å². The largest absolute Gasteiger partial charge is 0.314 e. The van der Waals surface area contributed by atoms with Gasteiger partial charge in [0.05, 0.1) is 6.04 Å². The average molecular weight is 143 g/mol. The third-order valence-corrected chi connectivity index (χ3v) is 2.57. The molecule has 0 radical (unpaired) electrons. The van der Waals surface area contributed by atoms with Crippen LogP contribution in [0, 0.1) is 11.3 Å². The molecular weight excluding hydrogens is 126 g/mol. The van der Waals surface area contributed by atoms with Crippen LogP contribution in [0.15, 0.2) is 0 Å². The van der Waals surface area contributed by atoms with E-state index in [1.165, 1.54) is 5.06 Å². The van der Waals surface area contributed by atoms with Crippen molar-refractivity contribution < 1.29 is 5.21 Å². The maximum atomic E-state index is 8.99. The molecule has 0 aromatic rings. The van der Waals surface area contributed by atoms with Gasteiger partial charge >= 0.3 is 0 Å². The van der Waals surface area contributed by atoms with Gasteiger partial charge in [0.15, 0.2) is 0 Å². The molecule has 1 rings (SSSR count). The zero-order chi connectivity index (χ0) is 7.94. The van der Waals surface area contributed by atoms with Gasteiger partial charge in [-0.05, 0) is 11.3 Å². The molecule has 3 unspecified atom stereocenters. The molecule has 3 atom stereocenters. The lowest BCUT2D eigenvalue weighted by Crippen LogP contribution is -2.24. The molecule has 0 bridgehead atoms. The van der Waals surface area contributed by atoms with Crippen LogP contribution in [0.25, 0.3) is 0 Å². The van der Waals surface area contributed by atoms with Crippen molar-refractivity contribution in [3.8, 4) is 0 Å². The highest BCUT2D eigenvalue weighted by Crippen LogP contribution is 2.35. The van der Waals surface area contributed by atoms with E-state index < -0.39 is 0 Å². The zero-order valence-electron chi connectivity index (χ0n) is 7.26. The van der Waals surface area contributed by atoms with E-state index in [1.54, 1.807) is 0 Å². The maximum absolute atomic E-state index is 8.99. The number of hydrogen-bond donors (Lipinski definition) is 1. The molecule has 0 aromatic heterocycles. The molecule has 60 valence electrons. The number of hydroxylamine groups is 2. The van der Waals surface area contributed by atoms with Crippen molar-refractivity contribution in [2.45, 2.75) is 33.7 Å². The van der Waals surface area contributed by atoms with Crippen LogP contribution in [0.5, 0.6) is 0 Å². The van der Waals surface area contributed by atoms with E-state index in [4.69, 9.17) is 5.21 Å². The van der Waals surface area contributed by atoms with Crippen molar-refractivity contribution >= 4 is 0 Å². The zero-order valence-corrected chi connectivity index (χ0v) is 7.26. The lowest BCUT2D eigenvalue weighted by molar-refractivity contribution is 0.000677. The Balaban J connectivity index is 2.42. The lowest BCUT2D eigenvalue weighted by atomic mass is 9.80. The molecule has 0 amide bonds. The first-order valence-electron chi connectivity index (χ1n) is 3.88. The summed E-state index contributed by atoms with van der Waals surface area (Å²) in [5.74, 6) is 0.581. The molecule has 0 aromatic carbocycles. The van der Waals surface area contributed by atoms with Gasteiger partial charge in [0, 0.05) is 6.54 Å². The molecular formula is C8H17NO. The first-order chi connectivity index (χ1) is 4.43. The maximum Gasteiger partial charge on any atom is 0.0531 e. The normalized spacial score (nSPS) is 35.7. The third-order valence-electron chi connectivity index (χ3n) is 2.57. The second kappa shape index (κ2) is 2.21. The van der Waals surface area contributed by atoms with Crippen molar-refractivity contribution in [2.24, 2.45) is 11.3 Å². The molecule has 0 aliphatic carbocycles. The van der Waals surface area contributed by atoms with E-state index in [-0.39, 0.29) is 0 Å². The Hall–Kier alpha value is -0.0800. The molecule has 2 heteroatoms. The van der Waals surface area contributed by atoms with Gasteiger partial charge in [-0.25, -0.2) is 0 Å². The summed E-state index contributed by atoms with van der Waals surface area (Å²) in [5.41, 5.74) is 0.322. The summed E-state index contributed by atoms with van der Waals surface area (Å²) in [6.45, 7) is 9.69. The molecule has 1 aliphatic heterocycles. The summed E-state index contributed by atoms with van der Waals surface area (Å²) < 4.78 is 0. The minimum Gasteiger partial charge on any atom is -0.314 e. The second-order valence-corrected chi connectivity index (χ2v) is 4.34. The highest BCUT2D eigenvalue weighted by molar-refractivity contribution is 4.91. The second-order valence-electron chi connectivity index (χ2n) is 4.34. The van der Waals surface area contributed by atoms with Crippen LogP contribution in [-0.2, 0) is 0 Å². The lowest BCUT2D eigenvalue weighted by Gasteiger charge is -2.26. The van der Waals surface area contributed by atoms with Crippen molar-refractivity contribution in [3.05, 3.63) is 0 Å². The number of rotatable bonds is 1. The number of hydrogen-bond acceptors (Lipinski definition) is 2. The van der Waals surface area contributed by atoms with Crippen molar-refractivity contribution in [1.29, 1.82) is 0 Å². The molecule has 0 saturated carbocycles. The fourth-order valence-electron chi connectivity index (χ4n) is 1.14. The summed E-state index contributed by atoms with van der Waals surface area (Å²) in [6, 6.07) is 0.417. The molecule has 1 saturated heterocycles. The van der Waals surface area contributed by atoms with E-state index in [2.05, 4.69) is 27.7 Å². The topological polar surface area (TPSA) is 23.2 Å². The summed E-state index contributed by atoms with van der Waals surface area (Å²) in [7, 11) is 0.